The average molecular weight is 349 g/mol. The first-order valence-corrected chi connectivity index (χ1v) is 9.25. The number of aliphatic carboxylic acids is 1. The Morgan fingerprint density at radius 3 is 2.46 bits per heavy atom. The molecule has 0 aliphatic carbocycles. The maximum atomic E-state index is 11.6. The van der Waals surface area contributed by atoms with E-state index in [0.717, 1.165) is 30.0 Å². The van der Waals surface area contributed by atoms with E-state index in [9.17, 15) is 9.90 Å². The maximum absolute atomic E-state index is 11.6. The van der Waals surface area contributed by atoms with Crippen LogP contribution in [0.1, 0.15) is 42.9 Å². The first-order valence-electron chi connectivity index (χ1n) is 9.25. The lowest BCUT2D eigenvalue weighted by Crippen LogP contribution is -2.29. The van der Waals surface area contributed by atoms with Gasteiger partial charge in [-0.15, -0.1) is 0 Å². The van der Waals surface area contributed by atoms with Gasteiger partial charge in [-0.3, -0.25) is 0 Å². The second-order valence-corrected chi connectivity index (χ2v) is 6.96. The highest BCUT2D eigenvalue weighted by molar-refractivity contribution is 5.93. The normalized spacial score (nSPS) is 19.8. The Labute approximate surface area is 153 Å². The molecular weight excluding hydrogens is 326 g/mol. The van der Waals surface area contributed by atoms with Crippen molar-refractivity contribution in [2.75, 3.05) is 18.0 Å². The summed E-state index contributed by atoms with van der Waals surface area (Å²) in [6, 6.07) is 16.0. The fourth-order valence-corrected chi connectivity index (χ4v) is 3.74. The van der Waals surface area contributed by atoms with Gasteiger partial charge >= 0.3 is 5.97 Å². The van der Waals surface area contributed by atoms with E-state index in [1.54, 1.807) is 6.08 Å². The summed E-state index contributed by atoms with van der Waals surface area (Å²) in [5.74, 6) is -0.158. The smallest absolute Gasteiger partial charge is 0.331 e. The van der Waals surface area contributed by atoms with Crippen molar-refractivity contribution in [3.8, 4) is 5.75 Å². The number of piperidine rings is 1. The van der Waals surface area contributed by atoms with Gasteiger partial charge in [-0.1, -0.05) is 30.3 Å². The van der Waals surface area contributed by atoms with Gasteiger partial charge in [0, 0.05) is 36.3 Å². The number of hydrogen-bond acceptors (Lipinski definition) is 3. The van der Waals surface area contributed by atoms with Gasteiger partial charge in [0.2, 0.25) is 0 Å². The van der Waals surface area contributed by atoms with Crippen molar-refractivity contribution >= 4 is 17.7 Å². The lowest BCUT2D eigenvalue weighted by molar-refractivity contribution is -0.132. The number of benzene rings is 2. The Morgan fingerprint density at radius 1 is 1.00 bits per heavy atom. The molecule has 0 spiro atoms. The zero-order valence-electron chi connectivity index (χ0n) is 14.7. The number of anilines is 1. The molecule has 0 bridgehead atoms. The molecule has 1 unspecified atom stereocenters. The number of para-hydroxylation sites is 1. The van der Waals surface area contributed by atoms with Crippen LogP contribution in [-0.4, -0.2) is 24.2 Å². The average Bonchev–Trinajstić information content (AvgIpc) is 2.89. The summed E-state index contributed by atoms with van der Waals surface area (Å²) in [5.41, 5.74) is 3.43. The van der Waals surface area contributed by atoms with Gasteiger partial charge in [0.15, 0.2) is 0 Å². The molecule has 0 radical (unpaired) electrons. The molecule has 2 aliphatic heterocycles. The zero-order valence-corrected chi connectivity index (χ0v) is 14.7. The van der Waals surface area contributed by atoms with E-state index in [1.165, 1.54) is 24.9 Å². The van der Waals surface area contributed by atoms with Gasteiger partial charge in [-0.2, -0.15) is 0 Å². The first kappa shape index (κ1) is 16.7. The van der Waals surface area contributed by atoms with Gasteiger partial charge in [0.05, 0.1) is 0 Å². The molecule has 2 aliphatic rings. The minimum Gasteiger partial charge on any atom is -0.485 e. The Kier molecular flexibility index (Phi) is 4.65. The summed E-state index contributed by atoms with van der Waals surface area (Å²) in [6.07, 6.45) is 5.59. The van der Waals surface area contributed by atoms with E-state index >= 15 is 0 Å². The third kappa shape index (κ3) is 3.45. The lowest BCUT2D eigenvalue weighted by Gasteiger charge is -2.29. The van der Waals surface area contributed by atoms with Crippen LogP contribution in [-0.2, 0) is 4.79 Å². The van der Waals surface area contributed by atoms with Gasteiger partial charge in [-0.05, 0) is 49.1 Å². The molecular formula is C22H23NO3. The number of ether oxygens (including phenoxy) is 1. The Balaban J connectivity index is 1.60. The molecule has 1 N–H and O–H groups in total. The maximum Gasteiger partial charge on any atom is 0.331 e. The Morgan fingerprint density at radius 2 is 1.73 bits per heavy atom. The van der Waals surface area contributed by atoms with Crippen LogP contribution in [0, 0.1) is 0 Å². The molecule has 26 heavy (non-hydrogen) atoms. The van der Waals surface area contributed by atoms with Gasteiger partial charge in [0.25, 0.3) is 0 Å². The molecule has 1 fully saturated rings. The second kappa shape index (κ2) is 7.24. The molecule has 0 amide bonds. The summed E-state index contributed by atoms with van der Waals surface area (Å²) >= 11 is 0. The van der Waals surface area contributed by atoms with Gasteiger partial charge in [0.1, 0.15) is 11.9 Å². The second-order valence-electron chi connectivity index (χ2n) is 6.96. The van der Waals surface area contributed by atoms with E-state index in [4.69, 9.17) is 4.74 Å². The van der Waals surface area contributed by atoms with Crippen LogP contribution in [0.5, 0.6) is 5.75 Å². The summed E-state index contributed by atoms with van der Waals surface area (Å²) in [4.78, 5) is 14.0. The van der Waals surface area contributed by atoms with E-state index in [1.807, 2.05) is 24.3 Å². The van der Waals surface area contributed by atoms with Crippen LogP contribution in [0.25, 0.3) is 6.08 Å². The quantitative estimate of drug-likeness (QED) is 0.875. The molecule has 1 atom stereocenters. The van der Waals surface area contributed by atoms with Crippen molar-refractivity contribution in [3.05, 3.63) is 65.2 Å². The third-order valence-electron chi connectivity index (χ3n) is 5.18. The topological polar surface area (TPSA) is 49.8 Å². The summed E-state index contributed by atoms with van der Waals surface area (Å²) in [6.45, 7) is 2.22. The van der Waals surface area contributed by atoms with Crippen LogP contribution in [0.15, 0.2) is 54.1 Å². The fourth-order valence-electron chi connectivity index (χ4n) is 3.74. The summed E-state index contributed by atoms with van der Waals surface area (Å²) in [5, 5.41) is 9.54. The Bertz CT molecular complexity index is 820. The van der Waals surface area contributed by atoms with Crippen LogP contribution >= 0.6 is 0 Å². The minimum atomic E-state index is -0.889. The van der Waals surface area contributed by atoms with E-state index in [2.05, 4.69) is 29.2 Å². The number of carboxylic acid groups (broad SMARTS) is 1. The standard InChI is InChI=1S/C22H23NO3/c24-22(25)18-14-17-6-2-3-7-20(17)26-21(15-18)16-8-10-19(11-9-16)23-12-4-1-5-13-23/h2-3,6-11,14,21H,1,4-5,12-13,15H2,(H,24,25). The summed E-state index contributed by atoms with van der Waals surface area (Å²) < 4.78 is 6.18. The van der Waals surface area contributed by atoms with Crippen LogP contribution in [0.2, 0.25) is 0 Å². The van der Waals surface area contributed by atoms with E-state index in [-0.39, 0.29) is 6.10 Å². The number of hydrogen-bond donors (Lipinski definition) is 1. The third-order valence-corrected chi connectivity index (χ3v) is 5.18. The molecule has 4 nitrogen and oxygen atoms in total. The lowest BCUT2D eigenvalue weighted by atomic mass is 10.00. The summed E-state index contributed by atoms with van der Waals surface area (Å²) in [7, 11) is 0. The molecule has 2 aromatic rings. The molecule has 2 aromatic carbocycles. The minimum absolute atomic E-state index is 0.295. The molecule has 4 heteroatoms. The van der Waals surface area contributed by atoms with Crippen LogP contribution in [0.4, 0.5) is 5.69 Å². The zero-order chi connectivity index (χ0) is 17.9. The molecule has 134 valence electrons. The van der Waals surface area contributed by atoms with Gasteiger partial charge < -0.3 is 14.7 Å². The van der Waals surface area contributed by atoms with Crippen molar-refractivity contribution < 1.29 is 14.6 Å². The van der Waals surface area contributed by atoms with E-state index < -0.39 is 5.97 Å². The fraction of sp³-hybridized carbons (Fsp3) is 0.318. The monoisotopic (exact) mass is 349 g/mol. The number of fused-ring (bicyclic) bond motifs is 1. The molecule has 1 saturated heterocycles. The number of rotatable bonds is 3. The number of nitrogens with zero attached hydrogens (tertiary/aromatic N) is 1. The predicted octanol–water partition coefficient (Wildman–Crippen LogP) is 4.67. The van der Waals surface area contributed by atoms with Crippen molar-refractivity contribution in [2.24, 2.45) is 0 Å². The molecule has 4 rings (SSSR count). The molecule has 0 saturated carbocycles. The van der Waals surface area contributed by atoms with E-state index in [0.29, 0.717) is 12.0 Å². The van der Waals surface area contributed by atoms with Crippen LogP contribution < -0.4 is 9.64 Å². The van der Waals surface area contributed by atoms with Gasteiger partial charge in [-0.25, -0.2) is 4.79 Å². The number of carbonyl (C=O) groups is 1. The number of carboxylic acids is 1. The van der Waals surface area contributed by atoms with Crippen molar-refractivity contribution in [3.63, 3.8) is 0 Å². The van der Waals surface area contributed by atoms with Crippen molar-refractivity contribution in [2.45, 2.75) is 31.8 Å². The molecule has 0 aromatic heterocycles. The largest absolute Gasteiger partial charge is 0.485 e. The van der Waals surface area contributed by atoms with Crippen molar-refractivity contribution in [1.29, 1.82) is 0 Å². The van der Waals surface area contributed by atoms with Crippen molar-refractivity contribution in [1.82, 2.24) is 0 Å². The highest BCUT2D eigenvalue weighted by Gasteiger charge is 2.24. The highest BCUT2D eigenvalue weighted by Crippen LogP contribution is 2.35. The predicted molar refractivity (Wildman–Crippen MR) is 103 cm³/mol. The highest BCUT2D eigenvalue weighted by atomic mass is 16.5. The van der Waals surface area contributed by atoms with Crippen LogP contribution in [0.3, 0.4) is 0 Å². The first-order chi connectivity index (χ1) is 12.7. The Hall–Kier alpha value is -2.75. The SMILES string of the molecule is O=C(O)C1=Cc2ccccc2OC(c2ccc(N3CCCCC3)cc2)C1. The molecule has 2 heterocycles.